The molecule has 1 aliphatic heterocycles. The van der Waals surface area contributed by atoms with Gasteiger partial charge in [-0.15, -0.1) is 0 Å². The topological polar surface area (TPSA) is 94.2 Å². The second-order valence-corrected chi connectivity index (χ2v) is 8.35. The highest BCUT2D eigenvalue weighted by atomic mass is 16.6. The van der Waals surface area contributed by atoms with E-state index in [2.05, 4.69) is 5.32 Å². The van der Waals surface area contributed by atoms with E-state index in [0.29, 0.717) is 44.2 Å². The van der Waals surface area contributed by atoms with Crippen molar-refractivity contribution in [1.29, 1.82) is 0 Å². The fraction of sp³-hybridized carbons (Fsp3) is 0.250. The number of benzene rings is 3. The minimum atomic E-state index is -0.728. The molecule has 0 unspecified atom stereocenters. The first-order valence-electron chi connectivity index (χ1n) is 11.7. The van der Waals surface area contributed by atoms with Gasteiger partial charge in [0.15, 0.2) is 18.1 Å². The van der Waals surface area contributed by atoms with Crippen LogP contribution in [0.1, 0.15) is 31.8 Å². The lowest BCUT2D eigenvalue weighted by Gasteiger charge is -2.19. The second-order valence-electron chi connectivity index (χ2n) is 8.35. The number of ether oxygens (including phenoxy) is 3. The zero-order valence-electron chi connectivity index (χ0n) is 20.1. The summed E-state index contributed by atoms with van der Waals surface area (Å²) in [6, 6.07) is 21.7. The molecule has 3 aromatic carbocycles. The molecule has 4 rings (SSSR count). The average Bonchev–Trinajstić information content (AvgIpc) is 2.91. The van der Waals surface area contributed by atoms with Crippen LogP contribution in [0.4, 0.5) is 0 Å². The molecule has 3 aromatic rings. The lowest BCUT2D eigenvalue weighted by atomic mass is 10.1. The lowest BCUT2D eigenvalue weighted by molar-refractivity contribution is -0.124. The number of hydrogen-bond acceptors (Lipinski definition) is 6. The zero-order chi connectivity index (χ0) is 25.3. The molecule has 8 nitrogen and oxygen atoms in total. The van der Waals surface area contributed by atoms with E-state index in [1.165, 1.54) is 11.0 Å². The van der Waals surface area contributed by atoms with Crippen molar-refractivity contribution in [1.82, 2.24) is 10.2 Å². The van der Waals surface area contributed by atoms with Crippen LogP contribution in [-0.2, 0) is 22.5 Å². The van der Waals surface area contributed by atoms with E-state index in [0.717, 1.165) is 11.1 Å². The normalized spacial score (nSPS) is 11.9. The Balaban J connectivity index is 1.27. The van der Waals surface area contributed by atoms with Crippen LogP contribution in [0.15, 0.2) is 72.8 Å². The molecule has 0 atom stereocenters. The Hall–Kier alpha value is -4.33. The molecular weight excluding hydrogens is 460 g/mol. The van der Waals surface area contributed by atoms with E-state index in [1.807, 2.05) is 48.5 Å². The summed E-state index contributed by atoms with van der Waals surface area (Å²) >= 11 is 0. The number of amides is 2. The van der Waals surface area contributed by atoms with Crippen LogP contribution in [0.3, 0.4) is 0 Å². The lowest BCUT2D eigenvalue weighted by Crippen LogP contribution is -2.31. The van der Waals surface area contributed by atoms with Gasteiger partial charge in [0.05, 0.1) is 11.1 Å². The second kappa shape index (κ2) is 11.9. The van der Waals surface area contributed by atoms with Crippen LogP contribution >= 0.6 is 0 Å². The first kappa shape index (κ1) is 24.8. The van der Waals surface area contributed by atoms with E-state index >= 15 is 0 Å². The van der Waals surface area contributed by atoms with Gasteiger partial charge in [-0.3, -0.25) is 9.59 Å². The Morgan fingerprint density at radius 3 is 2.33 bits per heavy atom. The summed E-state index contributed by atoms with van der Waals surface area (Å²) in [5.74, 6) is -0.0529. The highest BCUT2D eigenvalue weighted by Crippen LogP contribution is 2.30. The molecule has 0 spiro atoms. The van der Waals surface area contributed by atoms with Crippen molar-refractivity contribution in [2.45, 2.75) is 13.0 Å². The number of rotatable bonds is 9. The van der Waals surface area contributed by atoms with E-state index in [-0.39, 0.29) is 17.0 Å². The van der Waals surface area contributed by atoms with Gasteiger partial charge in [0.2, 0.25) is 0 Å². The first-order valence-corrected chi connectivity index (χ1v) is 11.7. The predicted octanol–water partition coefficient (Wildman–Crippen LogP) is 3.25. The molecular formula is C28H28N2O6. The third kappa shape index (κ3) is 6.41. The van der Waals surface area contributed by atoms with Crippen molar-refractivity contribution >= 4 is 17.8 Å². The summed E-state index contributed by atoms with van der Waals surface area (Å²) in [4.78, 5) is 39.4. The number of carbonyl (C=O) groups excluding carboxylic acids is 3. The highest BCUT2D eigenvalue weighted by Gasteiger charge is 2.21. The van der Waals surface area contributed by atoms with Gasteiger partial charge < -0.3 is 24.4 Å². The van der Waals surface area contributed by atoms with E-state index in [4.69, 9.17) is 14.2 Å². The predicted molar refractivity (Wildman–Crippen MR) is 133 cm³/mol. The SMILES string of the molecule is CN(Cc1ccccc1)C(=O)c1ccccc1C(=O)OCC(=O)NCCc1ccc2c(c1)OCCO2. The van der Waals surface area contributed by atoms with E-state index < -0.39 is 18.5 Å². The maximum Gasteiger partial charge on any atom is 0.339 e. The van der Waals surface area contributed by atoms with Crippen molar-refractivity contribution in [2.24, 2.45) is 0 Å². The van der Waals surface area contributed by atoms with Crippen molar-refractivity contribution in [3.8, 4) is 11.5 Å². The largest absolute Gasteiger partial charge is 0.486 e. The van der Waals surface area contributed by atoms with Crippen molar-refractivity contribution in [3.63, 3.8) is 0 Å². The molecule has 0 saturated heterocycles. The maximum atomic E-state index is 13.0. The smallest absolute Gasteiger partial charge is 0.339 e. The van der Waals surface area contributed by atoms with E-state index in [1.54, 1.807) is 25.2 Å². The monoisotopic (exact) mass is 488 g/mol. The molecule has 0 bridgehead atoms. The van der Waals surface area contributed by atoms with Gasteiger partial charge in [0, 0.05) is 20.1 Å². The third-order valence-electron chi connectivity index (χ3n) is 5.66. The zero-order valence-corrected chi connectivity index (χ0v) is 20.1. The van der Waals surface area contributed by atoms with Crippen LogP contribution in [0, 0.1) is 0 Å². The number of nitrogens with one attached hydrogen (secondary N) is 1. The Bertz CT molecular complexity index is 1230. The number of fused-ring (bicyclic) bond motifs is 1. The number of nitrogens with zero attached hydrogens (tertiary/aromatic N) is 1. The molecule has 2 amide bonds. The Kier molecular flexibility index (Phi) is 8.18. The van der Waals surface area contributed by atoms with Crippen LogP contribution in [-0.4, -0.2) is 56.1 Å². The van der Waals surface area contributed by atoms with Crippen LogP contribution in [0.25, 0.3) is 0 Å². The molecule has 0 radical (unpaired) electrons. The standard InChI is InChI=1S/C28H28N2O6/c1-30(18-21-7-3-2-4-8-21)27(32)22-9-5-6-10-23(22)28(33)36-19-26(31)29-14-13-20-11-12-24-25(17-20)35-16-15-34-24/h2-12,17H,13-16,18-19H2,1H3,(H,29,31). The molecule has 0 fully saturated rings. The summed E-state index contributed by atoms with van der Waals surface area (Å²) in [6.07, 6.45) is 0.585. The van der Waals surface area contributed by atoms with Gasteiger partial charge in [-0.25, -0.2) is 4.79 Å². The van der Waals surface area contributed by atoms with Crippen LogP contribution in [0.5, 0.6) is 11.5 Å². The molecule has 0 saturated carbocycles. The Labute approximate surface area is 209 Å². The quantitative estimate of drug-likeness (QED) is 0.465. The molecule has 186 valence electrons. The summed E-state index contributed by atoms with van der Waals surface area (Å²) in [6.45, 7) is 1.37. The molecule has 8 heteroatoms. The molecule has 36 heavy (non-hydrogen) atoms. The summed E-state index contributed by atoms with van der Waals surface area (Å²) in [5, 5.41) is 2.74. The molecule has 0 aromatic heterocycles. The molecule has 1 N–H and O–H groups in total. The fourth-order valence-electron chi connectivity index (χ4n) is 3.83. The van der Waals surface area contributed by atoms with Gasteiger partial charge in [-0.05, 0) is 41.8 Å². The van der Waals surface area contributed by atoms with Gasteiger partial charge >= 0.3 is 5.97 Å². The van der Waals surface area contributed by atoms with Gasteiger partial charge in [0.1, 0.15) is 13.2 Å². The van der Waals surface area contributed by atoms with Crippen LogP contribution in [0.2, 0.25) is 0 Å². The average molecular weight is 489 g/mol. The number of carbonyl (C=O) groups is 3. The fourth-order valence-corrected chi connectivity index (χ4v) is 3.83. The minimum absolute atomic E-state index is 0.117. The van der Waals surface area contributed by atoms with Gasteiger partial charge in [-0.1, -0.05) is 48.5 Å². The summed E-state index contributed by atoms with van der Waals surface area (Å²) < 4.78 is 16.3. The molecule has 1 aliphatic rings. The Morgan fingerprint density at radius 1 is 0.861 bits per heavy atom. The highest BCUT2D eigenvalue weighted by molar-refractivity contribution is 6.05. The minimum Gasteiger partial charge on any atom is -0.486 e. The first-order chi connectivity index (χ1) is 17.5. The van der Waals surface area contributed by atoms with E-state index in [9.17, 15) is 14.4 Å². The number of esters is 1. The Morgan fingerprint density at radius 2 is 1.56 bits per heavy atom. The maximum absolute atomic E-state index is 13.0. The summed E-state index contributed by atoms with van der Waals surface area (Å²) in [5.41, 5.74) is 2.30. The molecule has 0 aliphatic carbocycles. The van der Waals surface area contributed by atoms with Crippen LogP contribution < -0.4 is 14.8 Å². The number of hydrogen-bond donors (Lipinski definition) is 1. The third-order valence-corrected chi connectivity index (χ3v) is 5.66. The molecule has 1 heterocycles. The summed E-state index contributed by atoms with van der Waals surface area (Å²) in [7, 11) is 1.67. The van der Waals surface area contributed by atoms with Crippen molar-refractivity contribution in [2.75, 3.05) is 33.4 Å². The van der Waals surface area contributed by atoms with Gasteiger partial charge in [0.25, 0.3) is 11.8 Å². The van der Waals surface area contributed by atoms with Gasteiger partial charge in [-0.2, -0.15) is 0 Å². The van der Waals surface area contributed by atoms with Crippen molar-refractivity contribution in [3.05, 3.63) is 95.1 Å². The van der Waals surface area contributed by atoms with Crippen molar-refractivity contribution < 1.29 is 28.6 Å².